The highest BCUT2D eigenvalue weighted by Crippen LogP contribution is 2.23. The highest BCUT2D eigenvalue weighted by atomic mass is 35.5. The molecule has 1 heterocycles. The summed E-state index contributed by atoms with van der Waals surface area (Å²) in [6.07, 6.45) is 0. The monoisotopic (exact) mass is 411 g/mol. The number of carbonyl (C=O) groups is 2. The number of hydrogen-bond donors (Lipinski definition) is 2. The predicted molar refractivity (Wildman–Crippen MR) is 113 cm³/mol. The van der Waals surface area contributed by atoms with Gasteiger partial charge in [-0.25, -0.2) is 4.68 Å². The zero-order valence-electron chi connectivity index (χ0n) is 16.7. The van der Waals surface area contributed by atoms with Crippen LogP contribution in [-0.2, 0) is 11.3 Å². The summed E-state index contributed by atoms with van der Waals surface area (Å²) in [4.78, 5) is 25.0. The minimum absolute atomic E-state index is 0.0508. The number of hydrogen-bond acceptors (Lipinski definition) is 4. The Morgan fingerprint density at radius 3 is 2.52 bits per heavy atom. The topological polar surface area (TPSA) is 88.9 Å². The molecule has 0 aliphatic heterocycles. The summed E-state index contributed by atoms with van der Waals surface area (Å²) in [5.74, 6) is -0.685. The number of rotatable bonds is 5. The molecular weight excluding hydrogens is 390 g/mol. The molecule has 3 rings (SSSR count). The Hall–Kier alpha value is -3.19. The lowest BCUT2D eigenvalue weighted by atomic mass is 10.1. The fourth-order valence-electron chi connectivity index (χ4n) is 2.84. The van der Waals surface area contributed by atoms with Gasteiger partial charge in [0.2, 0.25) is 5.91 Å². The first-order chi connectivity index (χ1) is 13.8. The molecular formula is C21H22ClN5O2. The van der Waals surface area contributed by atoms with Crippen LogP contribution in [0.15, 0.2) is 36.4 Å². The summed E-state index contributed by atoms with van der Waals surface area (Å²) in [6.45, 7) is 7.49. The van der Waals surface area contributed by atoms with Crippen LogP contribution in [-0.4, -0.2) is 26.8 Å². The number of benzene rings is 2. The van der Waals surface area contributed by atoms with E-state index in [4.69, 9.17) is 11.6 Å². The summed E-state index contributed by atoms with van der Waals surface area (Å²) in [5, 5.41) is 13.9. The molecule has 0 saturated heterocycles. The van der Waals surface area contributed by atoms with Crippen molar-refractivity contribution in [1.82, 2.24) is 15.0 Å². The van der Waals surface area contributed by atoms with Crippen molar-refractivity contribution < 1.29 is 9.59 Å². The van der Waals surface area contributed by atoms with Crippen LogP contribution in [0.5, 0.6) is 0 Å². The first-order valence-corrected chi connectivity index (χ1v) is 9.47. The van der Waals surface area contributed by atoms with E-state index in [9.17, 15) is 9.59 Å². The number of carbonyl (C=O) groups excluding carboxylic acids is 2. The SMILES string of the molecule is Cc1ccc(NC(=O)c2nnn(CC(=O)Nc3cccc(C)c3C)c2C)c(Cl)c1. The van der Waals surface area contributed by atoms with Gasteiger partial charge in [0.25, 0.3) is 5.91 Å². The summed E-state index contributed by atoms with van der Waals surface area (Å²) in [7, 11) is 0. The Kier molecular flexibility index (Phi) is 5.98. The highest BCUT2D eigenvalue weighted by Gasteiger charge is 2.19. The number of aryl methyl sites for hydroxylation is 2. The quantitative estimate of drug-likeness (QED) is 0.662. The second-order valence-electron chi connectivity index (χ2n) is 6.91. The molecule has 29 heavy (non-hydrogen) atoms. The molecule has 0 saturated carbocycles. The largest absolute Gasteiger partial charge is 0.324 e. The van der Waals surface area contributed by atoms with E-state index in [1.54, 1.807) is 19.1 Å². The maximum Gasteiger partial charge on any atom is 0.278 e. The lowest BCUT2D eigenvalue weighted by molar-refractivity contribution is -0.117. The van der Waals surface area contributed by atoms with E-state index in [2.05, 4.69) is 20.9 Å². The first-order valence-electron chi connectivity index (χ1n) is 9.10. The van der Waals surface area contributed by atoms with Crippen molar-refractivity contribution in [2.75, 3.05) is 10.6 Å². The van der Waals surface area contributed by atoms with Gasteiger partial charge < -0.3 is 10.6 Å². The molecule has 0 unspecified atom stereocenters. The van der Waals surface area contributed by atoms with Crippen molar-refractivity contribution in [2.45, 2.75) is 34.2 Å². The average molecular weight is 412 g/mol. The van der Waals surface area contributed by atoms with Crippen molar-refractivity contribution in [3.8, 4) is 0 Å². The van der Waals surface area contributed by atoms with Gasteiger partial charge in [0.1, 0.15) is 6.54 Å². The number of amides is 2. The number of aromatic nitrogens is 3. The predicted octanol–water partition coefficient (Wildman–Crippen LogP) is 4.06. The molecule has 0 bridgehead atoms. The minimum Gasteiger partial charge on any atom is -0.324 e. The van der Waals surface area contributed by atoms with E-state index in [1.165, 1.54) is 4.68 Å². The summed E-state index contributed by atoms with van der Waals surface area (Å²) in [6, 6.07) is 11.1. The third kappa shape index (κ3) is 4.63. The van der Waals surface area contributed by atoms with Gasteiger partial charge in [0, 0.05) is 5.69 Å². The molecule has 0 atom stereocenters. The van der Waals surface area contributed by atoms with Gasteiger partial charge in [-0.1, -0.05) is 35.0 Å². The van der Waals surface area contributed by atoms with Gasteiger partial charge in [-0.15, -0.1) is 5.10 Å². The fraction of sp³-hybridized carbons (Fsp3) is 0.238. The third-order valence-corrected chi connectivity index (χ3v) is 5.06. The van der Waals surface area contributed by atoms with Gasteiger partial charge in [0.15, 0.2) is 5.69 Å². The second-order valence-corrected chi connectivity index (χ2v) is 7.32. The van der Waals surface area contributed by atoms with E-state index in [1.807, 2.05) is 45.0 Å². The van der Waals surface area contributed by atoms with Crippen LogP contribution < -0.4 is 10.6 Å². The molecule has 0 aliphatic rings. The second kappa shape index (κ2) is 8.45. The molecule has 2 aromatic carbocycles. The molecule has 1 aromatic heterocycles. The van der Waals surface area contributed by atoms with Gasteiger partial charge in [-0.3, -0.25) is 9.59 Å². The number of halogens is 1. The van der Waals surface area contributed by atoms with Crippen molar-refractivity contribution in [3.63, 3.8) is 0 Å². The molecule has 2 N–H and O–H groups in total. The molecule has 2 amide bonds. The molecule has 150 valence electrons. The zero-order valence-corrected chi connectivity index (χ0v) is 17.5. The lowest BCUT2D eigenvalue weighted by Gasteiger charge is -2.11. The summed E-state index contributed by atoms with van der Waals surface area (Å²) >= 11 is 6.17. The van der Waals surface area contributed by atoms with Crippen LogP contribution in [0.4, 0.5) is 11.4 Å². The summed E-state index contributed by atoms with van der Waals surface area (Å²) in [5.41, 5.74) is 4.95. The molecule has 0 fully saturated rings. The van der Waals surface area contributed by atoms with Gasteiger partial charge in [-0.05, 0) is 62.6 Å². The Morgan fingerprint density at radius 2 is 1.79 bits per heavy atom. The third-order valence-electron chi connectivity index (χ3n) is 4.74. The van der Waals surface area contributed by atoms with E-state index < -0.39 is 5.91 Å². The van der Waals surface area contributed by atoms with Gasteiger partial charge >= 0.3 is 0 Å². The Morgan fingerprint density at radius 1 is 1.03 bits per heavy atom. The normalized spacial score (nSPS) is 10.7. The number of nitrogens with zero attached hydrogens (tertiary/aromatic N) is 3. The van der Waals surface area contributed by atoms with Crippen molar-refractivity contribution in [3.05, 3.63) is 69.5 Å². The van der Waals surface area contributed by atoms with E-state index in [-0.39, 0.29) is 18.1 Å². The summed E-state index contributed by atoms with van der Waals surface area (Å²) < 4.78 is 1.39. The van der Waals surface area contributed by atoms with Crippen LogP contribution in [0, 0.1) is 27.7 Å². The van der Waals surface area contributed by atoms with Gasteiger partial charge in [0.05, 0.1) is 16.4 Å². The van der Waals surface area contributed by atoms with Crippen LogP contribution in [0.1, 0.15) is 32.9 Å². The smallest absolute Gasteiger partial charge is 0.278 e. The number of anilines is 2. The number of nitrogens with one attached hydrogen (secondary N) is 2. The molecule has 0 spiro atoms. The first kappa shape index (κ1) is 20.5. The van der Waals surface area contributed by atoms with E-state index in [0.29, 0.717) is 16.4 Å². The van der Waals surface area contributed by atoms with Crippen molar-refractivity contribution >= 4 is 34.8 Å². The Balaban J connectivity index is 1.70. The molecule has 8 heteroatoms. The minimum atomic E-state index is -0.436. The maximum atomic E-state index is 12.6. The van der Waals surface area contributed by atoms with Crippen LogP contribution >= 0.6 is 11.6 Å². The molecule has 0 radical (unpaired) electrons. The van der Waals surface area contributed by atoms with Crippen molar-refractivity contribution in [2.24, 2.45) is 0 Å². The zero-order chi connectivity index (χ0) is 21.1. The Bertz CT molecular complexity index is 1090. The standard InChI is InChI=1S/C21H22ClN5O2/c1-12-8-9-18(16(22)10-12)24-21(29)20-15(4)27(26-25-20)11-19(28)23-17-7-5-6-13(2)14(17)3/h5-10H,11H2,1-4H3,(H,23,28)(H,24,29). The van der Waals surface area contributed by atoms with E-state index >= 15 is 0 Å². The average Bonchev–Trinajstić information content (AvgIpc) is 3.02. The van der Waals surface area contributed by atoms with Crippen LogP contribution in [0.25, 0.3) is 0 Å². The Labute approximate surface area is 174 Å². The molecule has 3 aromatic rings. The lowest BCUT2D eigenvalue weighted by Crippen LogP contribution is -2.21. The highest BCUT2D eigenvalue weighted by molar-refractivity contribution is 6.34. The van der Waals surface area contributed by atoms with Crippen LogP contribution in [0.2, 0.25) is 5.02 Å². The van der Waals surface area contributed by atoms with E-state index in [0.717, 1.165) is 22.4 Å². The maximum absolute atomic E-state index is 12.6. The van der Waals surface area contributed by atoms with Crippen LogP contribution in [0.3, 0.4) is 0 Å². The molecule has 7 nitrogen and oxygen atoms in total. The fourth-order valence-corrected chi connectivity index (χ4v) is 3.12. The van der Waals surface area contributed by atoms with Crippen molar-refractivity contribution in [1.29, 1.82) is 0 Å². The van der Waals surface area contributed by atoms with Gasteiger partial charge in [-0.2, -0.15) is 0 Å². The molecule has 0 aliphatic carbocycles.